The van der Waals surface area contributed by atoms with Gasteiger partial charge in [-0.05, 0) is 19.1 Å². The molecule has 0 heterocycles. The van der Waals surface area contributed by atoms with Gasteiger partial charge in [-0.25, -0.2) is 0 Å². The first-order chi connectivity index (χ1) is 5.70. The maximum atomic E-state index is 10.9. The van der Waals surface area contributed by atoms with Crippen molar-refractivity contribution in [1.29, 1.82) is 0 Å². The van der Waals surface area contributed by atoms with Gasteiger partial charge in [0.2, 0.25) is 5.91 Å². The molecule has 0 aromatic heterocycles. The molecule has 0 spiro atoms. The number of nitrogens with one attached hydrogen (secondary N) is 1. The lowest BCUT2D eigenvalue weighted by Gasteiger charge is -2.07. The van der Waals surface area contributed by atoms with Crippen LogP contribution in [0.3, 0.4) is 0 Å². The van der Waals surface area contributed by atoms with Gasteiger partial charge in [-0.3, -0.25) is 4.79 Å². The number of carbonyl (C=O) groups excluding carboxylic acids is 1. The highest BCUT2D eigenvalue weighted by molar-refractivity contribution is 7.99. The molecule has 3 nitrogen and oxygen atoms in total. The summed E-state index contributed by atoms with van der Waals surface area (Å²) in [6.07, 6.45) is 3.01. The molecule has 2 N–H and O–H groups in total. The van der Waals surface area contributed by atoms with Crippen LogP contribution in [0, 0.1) is 0 Å². The molecule has 0 aromatic carbocycles. The van der Waals surface area contributed by atoms with Crippen molar-refractivity contribution in [1.82, 2.24) is 5.32 Å². The second kappa shape index (κ2) is 7.43. The average Bonchev–Trinajstić information content (AvgIpc) is 2.04. The molecular weight excluding hydrogens is 174 g/mol. The molecule has 0 saturated heterocycles. The Balaban J connectivity index is 3.24. The molecule has 0 radical (unpaired) electrons. The van der Waals surface area contributed by atoms with Gasteiger partial charge in [0.05, 0.1) is 11.9 Å². The van der Waals surface area contributed by atoms with E-state index in [-0.39, 0.29) is 12.0 Å². The van der Waals surface area contributed by atoms with E-state index in [0.29, 0.717) is 18.7 Å². The maximum absolute atomic E-state index is 10.9. The van der Waals surface area contributed by atoms with Crippen LogP contribution in [0.15, 0.2) is 0 Å². The van der Waals surface area contributed by atoms with Crippen LogP contribution in [0.4, 0.5) is 0 Å². The molecule has 0 bridgehead atoms. The highest BCUT2D eigenvalue weighted by Crippen LogP contribution is 1.95. The first kappa shape index (κ1) is 11.8. The number of thioether (sulfide) groups is 1. The fraction of sp³-hybridized carbons (Fsp3) is 0.875. The van der Waals surface area contributed by atoms with Crippen molar-refractivity contribution in [3.05, 3.63) is 0 Å². The molecule has 72 valence electrons. The zero-order chi connectivity index (χ0) is 9.40. The minimum absolute atomic E-state index is 0.0470. The summed E-state index contributed by atoms with van der Waals surface area (Å²) in [5.41, 5.74) is 0. The molecule has 0 aliphatic heterocycles. The van der Waals surface area contributed by atoms with Crippen LogP contribution >= 0.6 is 11.8 Å². The van der Waals surface area contributed by atoms with Gasteiger partial charge in [-0.2, -0.15) is 11.8 Å². The summed E-state index contributed by atoms with van der Waals surface area (Å²) >= 11 is 1.50. The molecule has 4 heteroatoms. The Morgan fingerprint density at radius 2 is 2.33 bits per heavy atom. The van der Waals surface area contributed by atoms with Crippen LogP contribution in [-0.2, 0) is 4.79 Å². The number of aliphatic hydroxyl groups excluding tert-OH is 1. The fourth-order valence-corrected chi connectivity index (χ4v) is 1.13. The summed E-state index contributed by atoms with van der Waals surface area (Å²) < 4.78 is 0. The average molecular weight is 191 g/mol. The summed E-state index contributed by atoms with van der Waals surface area (Å²) in [6, 6.07) is 0. The van der Waals surface area contributed by atoms with Crippen molar-refractivity contribution >= 4 is 17.7 Å². The summed E-state index contributed by atoms with van der Waals surface area (Å²) in [5, 5.41) is 11.9. The summed E-state index contributed by atoms with van der Waals surface area (Å²) in [7, 11) is 0. The molecule has 0 aromatic rings. The summed E-state index contributed by atoms with van der Waals surface area (Å²) in [4.78, 5) is 10.9. The molecule has 0 saturated carbocycles. The van der Waals surface area contributed by atoms with Gasteiger partial charge in [-0.15, -0.1) is 0 Å². The second-order valence-electron chi connectivity index (χ2n) is 2.63. The molecular formula is C8H17NO2S. The SMILES string of the molecule is CCC(O)CCNC(=O)CSC. The molecule has 0 fully saturated rings. The summed E-state index contributed by atoms with van der Waals surface area (Å²) in [5.74, 6) is 0.549. The smallest absolute Gasteiger partial charge is 0.229 e. The highest BCUT2D eigenvalue weighted by Gasteiger charge is 2.02. The van der Waals surface area contributed by atoms with Crippen LogP contribution in [0.5, 0.6) is 0 Å². The van der Waals surface area contributed by atoms with E-state index in [4.69, 9.17) is 5.11 Å². The number of hydrogen-bond donors (Lipinski definition) is 2. The first-order valence-corrected chi connectivity index (χ1v) is 5.53. The van der Waals surface area contributed by atoms with E-state index >= 15 is 0 Å². The van der Waals surface area contributed by atoms with Crippen molar-refractivity contribution < 1.29 is 9.90 Å². The van der Waals surface area contributed by atoms with E-state index in [1.54, 1.807) is 0 Å². The van der Waals surface area contributed by atoms with Crippen LogP contribution in [0.25, 0.3) is 0 Å². The van der Waals surface area contributed by atoms with Crippen molar-refractivity contribution in [2.45, 2.75) is 25.9 Å². The molecule has 12 heavy (non-hydrogen) atoms. The largest absolute Gasteiger partial charge is 0.393 e. The Kier molecular flexibility index (Phi) is 7.29. The second-order valence-corrected chi connectivity index (χ2v) is 3.50. The number of amides is 1. The maximum Gasteiger partial charge on any atom is 0.229 e. The minimum Gasteiger partial charge on any atom is -0.393 e. The Bertz CT molecular complexity index is 130. The van der Waals surface area contributed by atoms with Crippen molar-refractivity contribution in [2.24, 2.45) is 0 Å². The molecule has 1 amide bonds. The van der Waals surface area contributed by atoms with Gasteiger partial charge >= 0.3 is 0 Å². The Morgan fingerprint density at radius 3 is 2.83 bits per heavy atom. The monoisotopic (exact) mass is 191 g/mol. The van der Waals surface area contributed by atoms with Crippen LogP contribution in [0.1, 0.15) is 19.8 Å². The van der Waals surface area contributed by atoms with Gasteiger partial charge in [-0.1, -0.05) is 6.92 Å². The van der Waals surface area contributed by atoms with Crippen LogP contribution < -0.4 is 5.32 Å². The third kappa shape index (κ3) is 6.49. The molecule has 0 aliphatic carbocycles. The molecule has 1 unspecified atom stereocenters. The Labute approximate surface area is 77.9 Å². The van der Waals surface area contributed by atoms with Crippen LogP contribution in [-0.4, -0.2) is 35.7 Å². The Morgan fingerprint density at radius 1 is 1.67 bits per heavy atom. The van der Waals surface area contributed by atoms with E-state index in [2.05, 4.69) is 5.32 Å². The number of aliphatic hydroxyl groups is 1. The topological polar surface area (TPSA) is 49.3 Å². The van der Waals surface area contributed by atoms with E-state index in [9.17, 15) is 4.79 Å². The lowest BCUT2D eigenvalue weighted by Crippen LogP contribution is -2.28. The lowest BCUT2D eigenvalue weighted by molar-refractivity contribution is -0.118. The van der Waals surface area contributed by atoms with Gasteiger partial charge in [0.25, 0.3) is 0 Å². The molecule has 0 aliphatic rings. The van der Waals surface area contributed by atoms with Gasteiger partial charge in [0.15, 0.2) is 0 Å². The van der Waals surface area contributed by atoms with E-state index < -0.39 is 0 Å². The third-order valence-electron chi connectivity index (χ3n) is 1.55. The number of carbonyl (C=O) groups is 1. The highest BCUT2D eigenvalue weighted by atomic mass is 32.2. The van der Waals surface area contributed by atoms with E-state index in [0.717, 1.165) is 6.42 Å². The number of hydrogen-bond acceptors (Lipinski definition) is 3. The predicted molar refractivity (Wildman–Crippen MR) is 52.3 cm³/mol. The number of rotatable bonds is 6. The van der Waals surface area contributed by atoms with Gasteiger partial charge in [0, 0.05) is 6.54 Å². The zero-order valence-electron chi connectivity index (χ0n) is 7.67. The third-order valence-corrected chi connectivity index (χ3v) is 2.10. The van der Waals surface area contributed by atoms with Crippen molar-refractivity contribution in [3.63, 3.8) is 0 Å². The van der Waals surface area contributed by atoms with E-state index in [1.165, 1.54) is 11.8 Å². The molecule has 1 atom stereocenters. The first-order valence-electron chi connectivity index (χ1n) is 4.14. The van der Waals surface area contributed by atoms with Gasteiger partial charge < -0.3 is 10.4 Å². The Hall–Kier alpha value is -0.220. The van der Waals surface area contributed by atoms with Crippen LogP contribution in [0.2, 0.25) is 0 Å². The summed E-state index contributed by atoms with van der Waals surface area (Å²) in [6.45, 7) is 2.50. The van der Waals surface area contributed by atoms with Crippen molar-refractivity contribution in [3.8, 4) is 0 Å². The predicted octanol–water partition coefficient (Wildman–Crippen LogP) is 0.627. The normalized spacial score (nSPS) is 12.6. The lowest BCUT2D eigenvalue weighted by atomic mass is 10.2. The van der Waals surface area contributed by atoms with Crippen molar-refractivity contribution in [2.75, 3.05) is 18.6 Å². The van der Waals surface area contributed by atoms with E-state index in [1.807, 2.05) is 13.2 Å². The quantitative estimate of drug-likeness (QED) is 0.647. The van der Waals surface area contributed by atoms with Gasteiger partial charge in [0.1, 0.15) is 0 Å². The minimum atomic E-state index is -0.278. The zero-order valence-corrected chi connectivity index (χ0v) is 8.49. The standard InChI is InChI=1S/C8H17NO2S/c1-3-7(10)4-5-9-8(11)6-12-2/h7,10H,3-6H2,1-2H3,(H,9,11). The molecule has 0 rings (SSSR count). The fourth-order valence-electron chi connectivity index (χ4n) is 0.764.